The number of fused-ring (bicyclic) bond motifs is 1. The van der Waals surface area contributed by atoms with E-state index in [4.69, 9.17) is 9.47 Å². The molecule has 33 heavy (non-hydrogen) atoms. The minimum Gasteiger partial charge on any atom is -0.486 e. The van der Waals surface area contributed by atoms with Gasteiger partial charge in [-0.15, -0.1) is 0 Å². The van der Waals surface area contributed by atoms with Crippen molar-refractivity contribution in [1.29, 1.82) is 0 Å². The lowest BCUT2D eigenvalue weighted by Crippen LogP contribution is -2.50. The standard InChI is InChI=1S/C22H27N3O7S/c1-5-18(24(33(4,29)30)19-13-17(25(27)28)8-6-14(19)2)22(26)23-15(3)16-7-9-20-21(12-16)32-11-10-31-20/h6-9,12-13,15,18H,5,10-11H2,1-4H3,(H,23,26)/t15-,18-/m0/s1. The van der Waals surface area contributed by atoms with Gasteiger partial charge in [-0.25, -0.2) is 8.42 Å². The van der Waals surface area contributed by atoms with E-state index in [1.54, 1.807) is 39.0 Å². The van der Waals surface area contributed by atoms with E-state index in [-0.39, 0.29) is 17.8 Å². The fourth-order valence-electron chi connectivity index (χ4n) is 3.71. The predicted molar refractivity (Wildman–Crippen MR) is 123 cm³/mol. The maximum atomic E-state index is 13.2. The molecule has 0 bridgehead atoms. The molecule has 0 aromatic heterocycles. The Balaban J connectivity index is 1.91. The minimum atomic E-state index is -3.94. The van der Waals surface area contributed by atoms with Crippen LogP contribution in [0.1, 0.15) is 37.4 Å². The van der Waals surface area contributed by atoms with Crippen molar-refractivity contribution < 1.29 is 27.6 Å². The average molecular weight is 478 g/mol. The molecule has 2 aromatic carbocycles. The van der Waals surface area contributed by atoms with Crippen molar-refractivity contribution >= 4 is 27.3 Å². The number of carbonyl (C=O) groups is 1. The molecule has 10 nitrogen and oxygen atoms in total. The van der Waals surface area contributed by atoms with Crippen LogP contribution in [-0.4, -0.2) is 44.8 Å². The summed E-state index contributed by atoms with van der Waals surface area (Å²) in [7, 11) is -3.94. The van der Waals surface area contributed by atoms with Gasteiger partial charge in [-0.3, -0.25) is 19.2 Å². The molecule has 1 aliphatic rings. The number of hydrogen-bond acceptors (Lipinski definition) is 7. The summed E-state index contributed by atoms with van der Waals surface area (Å²) in [6.45, 7) is 6.00. The zero-order chi connectivity index (χ0) is 24.3. The molecule has 0 spiro atoms. The zero-order valence-electron chi connectivity index (χ0n) is 18.9. The van der Waals surface area contributed by atoms with Crippen molar-refractivity contribution in [3.05, 3.63) is 57.6 Å². The van der Waals surface area contributed by atoms with Crippen LogP contribution >= 0.6 is 0 Å². The summed E-state index contributed by atoms with van der Waals surface area (Å²) in [5, 5.41) is 14.1. The van der Waals surface area contributed by atoms with Gasteiger partial charge in [0.05, 0.1) is 22.9 Å². The second-order valence-corrected chi connectivity index (χ2v) is 9.70. The number of hydrogen-bond donors (Lipinski definition) is 1. The van der Waals surface area contributed by atoms with Gasteiger partial charge in [0.2, 0.25) is 15.9 Å². The number of nitro groups is 1. The highest BCUT2D eigenvalue weighted by Gasteiger charge is 2.34. The summed E-state index contributed by atoms with van der Waals surface area (Å²) in [5.74, 6) is 0.687. The Bertz CT molecular complexity index is 1170. The lowest BCUT2D eigenvalue weighted by Gasteiger charge is -2.32. The van der Waals surface area contributed by atoms with E-state index in [9.17, 15) is 23.3 Å². The van der Waals surface area contributed by atoms with Crippen LogP contribution in [0.15, 0.2) is 36.4 Å². The maximum absolute atomic E-state index is 13.2. The number of nitrogens with zero attached hydrogens (tertiary/aromatic N) is 2. The van der Waals surface area contributed by atoms with Gasteiger partial charge in [0.1, 0.15) is 19.3 Å². The molecule has 1 heterocycles. The first-order valence-corrected chi connectivity index (χ1v) is 12.3. The van der Waals surface area contributed by atoms with Crippen LogP contribution in [0.5, 0.6) is 11.5 Å². The summed E-state index contributed by atoms with van der Waals surface area (Å²) in [6, 6.07) is 7.74. The van der Waals surface area contributed by atoms with E-state index in [0.29, 0.717) is 30.3 Å². The van der Waals surface area contributed by atoms with Gasteiger partial charge >= 0.3 is 0 Å². The quantitative estimate of drug-likeness (QED) is 0.457. The number of carbonyl (C=O) groups excluding carboxylic acids is 1. The summed E-state index contributed by atoms with van der Waals surface area (Å²) < 4.78 is 37.5. The van der Waals surface area contributed by atoms with Gasteiger partial charge < -0.3 is 14.8 Å². The largest absolute Gasteiger partial charge is 0.486 e. The fraction of sp³-hybridized carbons (Fsp3) is 0.409. The van der Waals surface area contributed by atoms with Gasteiger partial charge in [-0.2, -0.15) is 0 Å². The number of anilines is 1. The maximum Gasteiger partial charge on any atom is 0.271 e. The molecule has 0 saturated carbocycles. The third-order valence-electron chi connectivity index (χ3n) is 5.40. The summed E-state index contributed by atoms with van der Waals surface area (Å²) in [4.78, 5) is 23.9. The molecule has 0 unspecified atom stereocenters. The topological polar surface area (TPSA) is 128 Å². The van der Waals surface area contributed by atoms with Crippen molar-refractivity contribution in [2.24, 2.45) is 0 Å². The molecule has 0 aliphatic carbocycles. The van der Waals surface area contributed by atoms with Crippen LogP contribution in [0.4, 0.5) is 11.4 Å². The van der Waals surface area contributed by atoms with Crippen molar-refractivity contribution in [2.45, 2.75) is 39.3 Å². The fourth-order valence-corrected chi connectivity index (χ4v) is 4.97. The highest BCUT2D eigenvalue weighted by atomic mass is 32.2. The van der Waals surface area contributed by atoms with Crippen LogP contribution in [0.2, 0.25) is 0 Å². The van der Waals surface area contributed by atoms with E-state index < -0.39 is 32.9 Å². The van der Waals surface area contributed by atoms with Crippen LogP contribution in [0, 0.1) is 17.0 Å². The Hall–Kier alpha value is -3.34. The molecule has 0 saturated heterocycles. The third-order valence-corrected chi connectivity index (χ3v) is 6.56. The Labute approximate surface area is 192 Å². The van der Waals surface area contributed by atoms with Crippen molar-refractivity contribution in [3.8, 4) is 11.5 Å². The number of benzene rings is 2. The number of non-ortho nitro benzene ring substituents is 1. The molecule has 1 amide bonds. The molecule has 2 atom stereocenters. The lowest BCUT2D eigenvalue weighted by atomic mass is 10.1. The summed E-state index contributed by atoms with van der Waals surface area (Å²) in [5.41, 5.74) is 1.10. The number of ether oxygens (including phenoxy) is 2. The van der Waals surface area contributed by atoms with Crippen LogP contribution in [0.3, 0.4) is 0 Å². The third kappa shape index (κ3) is 5.36. The van der Waals surface area contributed by atoms with Crippen molar-refractivity contribution in [2.75, 3.05) is 23.8 Å². The van der Waals surface area contributed by atoms with Gasteiger partial charge in [-0.05, 0) is 43.5 Å². The highest BCUT2D eigenvalue weighted by molar-refractivity contribution is 7.92. The molecule has 1 aliphatic heterocycles. The first-order chi connectivity index (χ1) is 15.5. The Kier molecular flexibility index (Phi) is 7.11. The SMILES string of the molecule is CC[C@@H](C(=O)N[C@@H](C)c1ccc2c(c1)OCCO2)N(c1cc([N+](=O)[O-])ccc1C)S(C)(=O)=O. The van der Waals surface area contributed by atoms with Gasteiger partial charge in [0, 0.05) is 12.1 Å². The van der Waals surface area contributed by atoms with E-state index in [1.807, 2.05) is 0 Å². The monoisotopic (exact) mass is 477 g/mol. The van der Waals surface area contributed by atoms with Crippen molar-refractivity contribution in [3.63, 3.8) is 0 Å². The minimum absolute atomic E-state index is 0.0979. The van der Waals surface area contributed by atoms with E-state index in [2.05, 4.69) is 5.32 Å². The normalized spacial score (nSPS) is 14.8. The molecular formula is C22H27N3O7S. The highest BCUT2D eigenvalue weighted by Crippen LogP contribution is 2.33. The lowest BCUT2D eigenvalue weighted by molar-refractivity contribution is -0.384. The second-order valence-electron chi connectivity index (χ2n) is 7.84. The first-order valence-electron chi connectivity index (χ1n) is 10.5. The second kappa shape index (κ2) is 9.65. The van der Waals surface area contributed by atoms with E-state index in [0.717, 1.165) is 16.1 Å². The number of nitro benzene ring substituents is 1. The zero-order valence-corrected chi connectivity index (χ0v) is 19.7. The summed E-state index contributed by atoms with van der Waals surface area (Å²) in [6.07, 6.45) is 1.14. The smallest absolute Gasteiger partial charge is 0.271 e. The van der Waals surface area contributed by atoms with Crippen LogP contribution in [-0.2, 0) is 14.8 Å². The molecule has 3 rings (SSSR count). The predicted octanol–water partition coefficient (Wildman–Crippen LogP) is 3.10. The molecule has 1 N–H and O–H groups in total. The average Bonchev–Trinajstić information content (AvgIpc) is 2.76. The molecule has 2 aromatic rings. The number of nitrogens with one attached hydrogen (secondary N) is 1. The van der Waals surface area contributed by atoms with E-state index >= 15 is 0 Å². The number of aryl methyl sites for hydroxylation is 1. The Morgan fingerprint density at radius 2 is 1.85 bits per heavy atom. The first kappa shape index (κ1) is 24.3. The molecule has 0 radical (unpaired) electrons. The number of sulfonamides is 1. The van der Waals surface area contributed by atoms with Crippen LogP contribution in [0.25, 0.3) is 0 Å². The number of amides is 1. The molecule has 0 fully saturated rings. The Morgan fingerprint density at radius 3 is 2.45 bits per heavy atom. The van der Waals surface area contributed by atoms with Crippen molar-refractivity contribution in [1.82, 2.24) is 5.32 Å². The van der Waals surface area contributed by atoms with Gasteiger partial charge in [0.25, 0.3) is 5.69 Å². The Morgan fingerprint density at radius 1 is 1.18 bits per heavy atom. The molecular weight excluding hydrogens is 450 g/mol. The van der Waals surface area contributed by atoms with E-state index in [1.165, 1.54) is 18.2 Å². The molecule has 178 valence electrons. The van der Waals surface area contributed by atoms with Gasteiger partial charge in [0.15, 0.2) is 11.5 Å². The molecule has 11 heteroatoms. The van der Waals surface area contributed by atoms with Gasteiger partial charge in [-0.1, -0.05) is 19.1 Å². The van der Waals surface area contributed by atoms with Crippen LogP contribution < -0.4 is 19.1 Å². The number of rotatable bonds is 8. The summed E-state index contributed by atoms with van der Waals surface area (Å²) >= 11 is 0.